The van der Waals surface area contributed by atoms with Gasteiger partial charge in [-0.25, -0.2) is 4.79 Å². The van der Waals surface area contributed by atoms with E-state index in [4.69, 9.17) is 9.84 Å². The number of carbonyl (C=O) groups is 3. The molecular weight excluding hydrogens is 434 g/mol. The highest BCUT2D eigenvalue weighted by atomic mass is 32.1. The van der Waals surface area contributed by atoms with Crippen LogP contribution < -0.4 is 5.32 Å². The molecular formula is C18H18N3O7S2+. The molecule has 2 N–H and O–H groups in total. The van der Waals surface area contributed by atoms with E-state index in [0.29, 0.717) is 30.6 Å². The first-order valence-electron chi connectivity index (χ1n) is 8.84. The molecule has 0 radical (unpaired) electrons. The predicted octanol–water partition coefficient (Wildman–Crippen LogP) is 3.45. The normalized spacial score (nSPS) is 20.5. The number of hydrogen-bond acceptors (Lipinski definition) is 8. The van der Waals surface area contributed by atoms with Crippen molar-refractivity contribution in [3.63, 3.8) is 0 Å². The van der Waals surface area contributed by atoms with E-state index in [0.717, 1.165) is 11.3 Å². The molecule has 0 aliphatic carbocycles. The van der Waals surface area contributed by atoms with Crippen LogP contribution in [0.1, 0.15) is 28.1 Å². The second-order valence-electron chi connectivity index (χ2n) is 6.68. The fraction of sp³-hybridized carbons (Fsp3) is 0.278. The summed E-state index contributed by atoms with van der Waals surface area (Å²) in [5, 5.41) is 23.8. The van der Waals surface area contributed by atoms with Crippen molar-refractivity contribution >= 4 is 53.5 Å². The number of likely N-dealkylation sites (tertiary alicyclic amines) is 1. The number of nitrogens with zero attached hydrogens (tertiary/aromatic N) is 2. The van der Waals surface area contributed by atoms with Crippen molar-refractivity contribution in [1.29, 1.82) is 0 Å². The Morgan fingerprint density at radius 1 is 1.33 bits per heavy atom. The Bertz CT molecular complexity index is 992. The van der Waals surface area contributed by atoms with Gasteiger partial charge < -0.3 is 15.2 Å². The van der Waals surface area contributed by atoms with Gasteiger partial charge in [0.05, 0.1) is 23.4 Å². The van der Waals surface area contributed by atoms with Crippen LogP contribution in [0.5, 0.6) is 0 Å². The number of amides is 2. The van der Waals surface area contributed by atoms with Crippen LogP contribution in [0, 0.1) is 10.1 Å². The number of carboxylic acid groups (broad SMARTS) is 1. The van der Waals surface area contributed by atoms with Crippen molar-refractivity contribution in [3.05, 3.63) is 56.3 Å². The van der Waals surface area contributed by atoms with Gasteiger partial charge in [0.2, 0.25) is 0 Å². The molecule has 1 saturated heterocycles. The Labute approximate surface area is 180 Å². The van der Waals surface area contributed by atoms with E-state index < -0.39 is 32.8 Å². The number of aromatic carboxylic acids is 1. The van der Waals surface area contributed by atoms with Crippen LogP contribution in [0.25, 0.3) is 0 Å². The SMILES string of the molecule is O=C(O)c1cc(NC(=O)[C@@H]2CCC[N+]2(S)C(=O)OCc2ccc([N+](=O)[O-])cc2)cs1. The lowest BCUT2D eigenvalue weighted by Gasteiger charge is -2.28. The maximum absolute atomic E-state index is 12.7. The molecule has 12 heteroatoms. The minimum Gasteiger partial charge on any atom is -0.477 e. The Morgan fingerprint density at radius 2 is 2.03 bits per heavy atom. The maximum Gasteiger partial charge on any atom is 0.528 e. The predicted molar refractivity (Wildman–Crippen MR) is 110 cm³/mol. The molecule has 158 valence electrons. The molecule has 0 spiro atoms. The molecule has 1 aliphatic heterocycles. The number of thiophene rings is 1. The minimum atomic E-state index is -1.09. The molecule has 2 aromatic rings. The third-order valence-electron chi connectivity index (χ3n) is 4.70. The second-order valence-corrected chi connectivity index (χ2v) is 8.31. The van der Waals surface area contributed by atoms with E-state index in [1.54, 1.807) is 0 Å². The zero-order valence-electron chi connectivity index (χ0n) is 15.5. The number of nitrogens with one attached hydrogen (secondary N) is 1. The monoisotopic (exact) mass is 452 g/mol. The Balaban J connectivity index is 1.63. The fourth-order valence-electron chi connectivity index (χ4n) is 3.15. The van der Waals surface area contributed by atoms with Crippen LogP contribution in [0.2, 0.25) is 0 Å². The number of rotatable bonds is 6. The van der Waals surface area contributed by atoms with Gasteiger partial charge in [-0.15, -0.1) is 11.3 Å². The van der Waals surface area contributed by atoms with Crippen LogP contribution in [-0.4, -0.2) is 44.5 Å². The zero-order chi connectivity index (χ0) is 21.9. The average molecular weight is 452 g/mol. The number of non-ortho nitro benzene ring substituents is 1. The van der Waals surface area contributed by atoms with Gasteiger partial charge >= 0.3 is 12.1 Å². The van der Waals surface area contributed by atoms with Gasteiger partial charge in [-0.3, -0.25) is 14.9 Å². The lowest BCUT2D eigenvalue weighted by molar-refractivity contribution is -0.719. The van der Waals surface area contributed by atoms with Crippen molar-refractivity contribution in [3.8, 4) is 0 Å². The first-order valence-corrected chi connectivity index (χ1v) is 10.1. The van der Waals surface area contributed by atoms with Gasteiger partial charge in [0.25, 0.3) is 11.6 Å². The van der Waals surface area contributed by atoms with Gasteiger partial charge in [-0.2, -0.15) is 8.68 Å². The standard InChI is InChI=1S/C18H17N3O7S2/c22-16(19-12-8-15(17(23)24)30-10-12)14-2-1-7-21(14,29)18(25)28-9-11-3-5-13(6-4-11)20(26)27/h3-6,8,10,14,29H,1-2,7,9H2,(H-,19,22,23,24)/p+1/t14-,21?/m0/s1. The first kappa shape index (κ1) is 21.7. The highest BCUT2D eigenvalue weighted by Gasteiger charge is 2.52. The van der Waals surface area contributed by atoms with E-state index in [-0.39, 0.29) is 17.2 Å². The Hall–Kier alpha value is -2.96. The molecule has 3 rings (SSSR count). The summed E-state index contributed by atoms with van der Waals surface area (Å²) >= 11 is 5.41. The van der Waals surface area contributed by atoms with Crippen molar-refractivity contribution in [2.45, 2.75) is 25.5 Å². The molecule has 0 saturated carbocycles. The van der Waals surface area contributed by atoms with Crippen LogP contribution >= 0.6 is 24.2 Å². The number of carboxylic acids is 1. The molecule has 10 nitrogen and oxygen atoms in total. The third-order valence-corrected chi connectivity index (χ3v) is 6.26. The lowest BCUT2D eigenvalue weighted by Crippen LogP contribution is -2.53. The summed E-state index contributed by atoms with van der Waals surface area (Å²) in [4.78, 5) is 46.6. The van der Waals surface area contributed by atoms with Crippen LogP contribution in [0.4, 0.5) is 16.2 Å². The molecule has 1 aromatic carbocycles. The number of quaternary nitrogens is 1. The summed E-state index contributed by atoms with van der Waals surface area (Å²) in [5.41, 5.74) is 0.834. The van der Waals surface area contributed by atoms with Crippen LogP contribution in [0.15, 0.2) is 35.7 Å². The van der Waals surface area contributed by atoms with Gasteiger partial charge in [0.15, 0.2) is 6.04 Å². The number of anilines is 1. The van der Waals surface area contributed by atoms with E-state index in [9.17, 15) is 24.5 Å². The molecule has 2 atom stereocenters. The summed E-state index contributed by atoms with van der Waals surface area (Å²) in [6.45, 7) is 0.183. The molecule has 2 amide bonds. The smallest absolute Gasteiger partial charge is 0.477 e. The highest BCUT2D eigenvalue weighted by Crippen LogP contribution is 2.33. The Kier molecular flexibility index (Phi) is 6.39. The number of nitro benzene ring substituents is 1. The maximum atomic E-state index is 12.7. The van der Waals surface area contributed by atoms with Gasteiger partial charge in [-0.05, 0) is 23.8 Å². The summed E-state index contributed by atoms with van der Waals surface area (Å²) < 4.78 is 4.78. The molecule has 1 unspecified atom stereocenters. The van der Waals surface area contributed by atoms with Gasteiger partial charge in [0, 0.05) is 30.4 Å². The average Bonchev–Trinajstić information content (AvgIpc) is 3.34. The van der Waals surface area contributed by atoms with E-state index in [1.807, 2.05) is 0 Å². The van der Waals surface area contributed by atoms with Crippen molar-refractivity contribution < 1.29 is 33.0 Å². The topological polar surface area (TPSA) is 136 Å². The molecule has 1 fully saturated rings. The van der Waals surface area contributed by atoms with E-state index >= 15 is 0 Å². The lowest BCUT2D eigenvalue weighted by atomic mass is 10.2. The molecule has 1 aliphatic rings. The summed E-state index contributed by atoms with van der Waals surface area (Å²) in [5.74, 6) is -1.54. The van der Waals surface area contributed by atoms with E-state index in [2.05, 4.69) is 18.1 Å². The van der Waals surface area contributed by atoms with Crippen molar-refractivity contribution in [2.24, 2.45) is 0 Å². The fourth-order valence-corrected chi connectivity index (χ4v) is 4.25. The highest BCUT2D eigenvalue weighted by molar-refractivity contribution is 7.74. The van der Waals surface area contributed by atoms with Gasteiger partial charge in [-0.1, -0.05) is 0 Å². The zero-order valence-corrected chi connectivity index (χ0v) is 17.2. The quantitative estimate of drug-likeness (QED) is 0.264. The Morgan fingerprint density at radius 3 is 2.63 bits per heavy atom. The molecule has 0 bridgehead atoms. The number of thiol groups is 1. The summed E-state index contributed by atoms with van der Waals surface area (Å²) in [6, 6.07) is 6.14. The number of ether oxygens (including phenoxy) is 1. The van der Waals surface area contributed by atoms with Crippen LogP contribution in [0.3, 0.4) is 0 Å². The summed E-state index contributed by atoms with van der Waals surface area (Å²) in [6.07, 6.45) is 0.293. The number of hydrogen-bond donors (Lipinski definition) is 3. The minimum absolute atomic E-state index is 0.0708. The van der Waals surface area contributed by atoms with Crippen molar-refractivity contribution in [1.82, 2.24) is 0 Å². The largest absolute Gasteiger partial charge is 0.528 e. The van der Waals surface area contributed by atoms with Crippen molar-refractivity contribution in [2.75, 3.05) is 11.9 Å². The summed E-state index contributed by atoms with van der Waals surface area (Å²) in [7, 11) is 0. The van der Waals surface area contributed by atoms with E-state index in [1.165, 1.54) is 35.7 Å². The third kappa shape index (κ3) is 4.61. The molecule has 2 heterocycles. The second kappa shape index (κ2) is 8.81. The van der Waals surface area contributed by atoms with Gasteiger partial charge in [0.1, 0.15) is 18.0 Å². The van der Waals surface area contributed by atoms with Crippen LogP contribution in [-0.2, 0) is 16.1 Å². The first-order chi connectivity index (χ1) is 14.2. The molecule has 30 heavy (non-hydrogen) atoms. The molecule has 1 aromatic heterocycles. The number of nitro groups is 1. The number of benzene rings is 1. The number of carbonyl (C=O) groups excluding carboxylic acids is 2.